The lowest BCUT2D eigenvalue weighted by Crippen LogP contribution is -2.26. The third kappa shape index (κ3) is 7.91. The summed E-state index contributed by atoms with van der Waals surface area (Å²) >= 11 is 0. The molecule has 166 valence electrons. The summed E-state index contributed by atoms with van der Waals surface area (Å²) < 4.78 is 0. The Hall–Kier alpha value is -0.520. The van der Waals surface area contributed by atoms with Crippen LogP contribution in [0.3, 0.4) is 0 Å². The van der Waals surface area contributed by atoms with E-state index in [0.29, 0.717) is 0 Å². The van der Waals surface area contributed by atoms with Crippen molar-refractivity contribution in [2.24, 2.45) is 0 Å². The fraction of sp³-hybridized carbons (Fsp3) is 0.750. The quantitative estimate of drug-likeness (QED) is 0.261. The number of nitro benzene ring substituents is 1. The van der Waals surface area contributed by atoms with Gasteiger partial charge in [0.2, 0.25) is 0 Å². The molecule has 5 heteroatoms. The van der Waals surface area contributed by atoms with Crippen LogP contribution < -0.4 is 0 Å². The lowest BCUT2D eigenvalue weighted by atomic mass is 10.1. The number of hydrogen-bond donors (Lipinski definition) is 0. The predicted molar refractivity (Wildman–Crippen MR) is 133 cm³/mol. The fourth-order valence-electron chi connectivity index (χ4n) is 4.36. The Bertz CT molecular complexity index is 636. The van der Waals surface area contributed by atoms with Crippen LogP contribution in [0.1, 0.15) is 94.2 Å². The summed E-state index contributed by atoms with van der Waals surface area (Å²) in [5, 5.41) is 12.5. The molecule has 0 saturated heterocycles. The first kappa shape index (κ1) is 26.5. The van der Waals surface area contributed by atoms with Crippen LogP contribution in [0.5, 0.6) is 0 Å². The topological polar surface area (TPSA) is 43.1 Å². The molecule has 1 rings (SSSR count). The highest BCUT2D eigenvalue weighted by molar-refractivity contribution is 7.60. The van der Waals surface area contributed by atoms with E-state index in [-0.39, 0.29) is 47.1 Å². The van der Waals surface area contributed by atoms with E-state index in [4.69, 9.17) is 0 Å². The molecule has 0 N–H and O–H groups in total. The summed E-state index contributed by atoms with van der Waals surface area (Å²) in [5.74, 6) is 0. The average Bonchev–Trinajstić information content (AvgIpc) is 2.45. The standard InChI is InChI=1S/C24H43NO2P2/c1-21(2,3)28(22(4,5)6)16-18-13-19(15-20(14-18)25(26)27)17-29(23(7,8)9)24(10,11)12/h13-15H,16-17H2,1-12H3. The van der Waals surface area contributed by atoms with Gasteiger partial charge in [-0.25, -0.2) is 0 Å². The number of rotatable bonds is 5. The van der Waals surface area contributed by atoms with Crippen LogP contribution in [0.25, 0.3) is 0 Å². The maximum absolute atomic E-state index is 11.7. The van der Waals surface area contributed by atoms with Crippen molar-refractivity contribution in [1.82, 2.24) is 0 Å². The smallest absolute Gasteiger partial charge is 0.258 e. The molecule has 0 bridgehead atoms. The number of nitro groups is 1. The van der Waals surface area contributed by atoms with Gasteiger partial charge in [-0.2, -0.15) is 0 Å². The predicted octanol–water partition coefficient (Wildman–Crippen LogP) is 8.75. The molecule has 0 heterocycles. The van der Waals surface area contributed by atoms with Crippen LogP contribution in [-0.4, -0.2) is 25.5 Å². The maximum Gasteiger partial charge on any atom is 0.270 e. The first-order valence-corrected chi connectivity index (χ1v) is 13.6. The second-order valence-electron chi connectivity index (χ2n) is 12.1. The molecule has 0 spiro atoms. The zero-order chi connectivity index (χ0) is 23.0. The van der Waals surface area contributed by atoms with Gasteiger partial charge in [-0.05, 0) is 44.1 Å². The Balaban J connectivity index is 3.43. The summed E-state index contributed by atoms with van der Waals surface area (Å²) in [7, 11) is -0.692. The van der Waals surface area contributed by atoms with Crippen molar-refractivity contribution in [1.29, 1.82) is 0 Å². The van der Waals surface area contributed by atoms with E-state index >= 15 is 0 Å². The van der Waals surface area contributed by atoms with E-state index < -0.39 is 0 Å². The zero-order valence-electron chi connectivity index (χ0n) is 20.8. The normalized spacial score (nSPS) is 14.0. The Morgan fingerprint density at radius 2 is 0.931 bits per heavy atom. The minimum Gasteiger partial charge on any atom is -0.258 e. The molecule has 0 fully saturated rings. The van der Waals surface area contributed by atoms with E-state index in [0.717, 1.165) is 23.5 Å². The lowest BCUT2D eigenvalue weighted by molar-refractivity contribution is -0.385. The molecular formula is C24H43NO2P2. The van der Waals surface area contributed by atoms with Crippen molar-refractivity contribution in [3.63, 3.8) is 0 Å². The number of hydrogen-bond acceptors (Lipinski definition) is 2. The van der Waals surface area contributed by atoms with Crippen LogP contribution in [0, 0.1) is 10.1 Å². The van der Waals surface area contributed by atoms with Crippen LogP contribution in [0.15, 0.2) is 18.2 Å². The largest absolute Gasteiger partial charge is 0.270 e. The van der Waals surface area contributed by atoms with Gasteiger partial charge in [-0.3, -0.25) is 10.1 Å². The van der Waals surface area contributed by atoms with Gasteiger partial charge in [0.25, 0.3) is 5.69 Å². The molecule has 0 aliphatic rings. The molecule has 0 radical (unpaired) electrons. The molecule has 1 aromatic carbocycles. The molecule has 0 aliphatic heterocycles. The SMILES string of the molecule is CC(C)(C)P(Cc1cc(CP(C(C)(C)C)C(C)(C)C)cc([N+](=O)[O-])c1)C(C)(C)C. The van der Waals surface area contributed by atoms with Crippen LogP contribution in [-0.2, 0) is 12.3 Å². The van der Waals surface area contributed by atoms with Crippen molar-refractivity contribution in [3.05, 3.63) is 39.4 Å². The number of nitrogens with zero attached hydrogens (tertiary/aromatic N) is 1. The minimum absolute atomic E-state index is 0.196. The number of benzene rings is 1. The van der Waals surface area contributed by atoms with Gasteiger partial charge < -0.3 is 0 Å². The molecule has 3 nitrogen and oxygen atoms in total. The van der Waals surface area contributed by atoms with Crippen LogP contribution >= 0.6 is 15.8 Å². The van der Waals surface area contributed by atoms with Gasteiger partial charge in [-0.1, -0.05) is 105 Å². The summed E-state index contributed by atoms with van der Waals surface area (Å²) in [6.07, 6.45) is 1.86. The molecule has 29 heavy (non-hydrogen) atoms. The summed E-state index contributed by atoms with van der Waals surface area (Å²) in [6.45, 7) is 27.7. The molecule has 0 aliphatic carbocycles. The van der Waals surface area contributed by atoms with Gasteiger partial charge >= 0.3 is 0 Å². The Morgan fingerprint density at radius 1 is 0.655 bits per heavy atom. The van der Waals surface area contributed by atoms with Gasteiger partial charge in [0.1, 0.15) is 0 Å². The molecule has 0 amide bonds. The van der Waals surface area contributed by atoms with E-state index in [1.54, 1.807) is 0 Å². The minimum atomic E-state index is -0.346. The van der Waals surface area contributed by atoms with Crippen molar-refractivity contribution in [3.8, 4) is 0 Å². The Kier molecular flexibility index (Phi) is 8.15. The highest BCUT2D eigenvalue weighted by Crippen LogP contribution is 2.63. The maximum atomic E-state index is 11.7. The summed E-state index contributed by atoms with van der Waals surface area (Å²) in [6, 6.07) is 5.88. The van der Waals surface area contributed by atoms with Gasteiger partial charge in [0.15, 0.2) is 0 Å². The average molecular weight is 440 g/mol. The highest BCUT2D eigenvalue weighted by atomic mass is 31.1. The van der Waals surface area contributed by atoms with Gasteiger partial charge in [0, 0.05) is 12.1 Å². The van der Waals surface area contributed by atoms with Gasteiger partial charge in [-0.15, -0.1) is 0 Å². The molecule has 0 unspecified atom stereocenters. The van der Waals surface area contributed by atoms with Crippen LogP contribution in [0.4, 0.5) is 5.69 Å². The zero-order valence-corrected chi connectivity index (χ0v) is 22.6. The lowest BCUT2D eigenvalue weighted by Gasteiger charge is -2.42. The van der Waals surface area contributed by atoms with E-state index in [2.05, 4.69) is 89.2 Å². The molecule has 1 aromatic rings. The second kappa shape index (κ2) is 8.92. The molecule has 0 aromatic heterocycles. The number of non-ortho nitro benzene ring substituents is 1. The van der Waals surface area contributed by atoms with E-state index in [1.807, 2.05) is 12.1 Å². The van der Waals surface area contributed by atoms with Gasteiger partial charge in [0.05, 0.1) is 4.92 Å². The van der Waals surface area contributed by atoms with Crippen molar-refractivity contribution in [2.45, 2.75) is 116 Å². The highest BCUT2D eigenvalue weighted by Gasteiger charge is 2.36. The van der Waals surface area contributed by atoms with E-state index in [1.165, 1.54) is 0 Å². The van der Waals surface area contributed by atoms with Crippen molar-refractivity contribution in [2.75, 3.05) is 0 Å². The summed E-state index contributed by atoms with van der Waals surface area (Å²) in [4.78, 5) is 11.5. The second-order valence-corrected chi connectivity index (χ2v) is 19.8. The van der Waals surface area contributed by atoms with Crippen LogP contribution in [0.2, 0.25) is 0 Å². The third-order valence-electron chi connectivity index (χ3n) is 5.17. The molecule has 0 atom stereocenters. The fourth-order valence-corrected chi connectivity index (χ4v) is 11.4. The first-order chi connectivity index (χ1) is 12.7. The van der Waals surface area contributed by atoms with Crippen molar-refractivity contribution >= 4 is 21.5 Å². The Labute approximate surface area is 182 Å². The Morgan fingerprint density at radius 3 is 1.14 bits per heavy atom. The monoisotopic (exact) mass is 439 g/mol. The third-order valence-corrected chi connectivity index (χ3v) is 13.0. The summed E-state index contributed by atoms with van der Waals surface area (Å²) in [5.41, 5.74) is 2.50. The molecular weight excluding hydrogens is 396 g/mol. The van der Waals surface area contributed by atoms with Crippen molar-refractivity contribution < 1.29 is 4.92 Å². The first-order valence-electron chi connectivity index (χ1n) is 10.6. The van der Waals surface area contributed by atoms with E-state index in [9.17, 15) is 10.1 Å². The molecule has 0 saturated carbocycles.